The topological polar surface area (TPSA) is 23.5 Å². The van der Waals surface area contributed by atoms with Crippen molar-refractivity contribution in [2.75, 3.05) is 19.6 Å². The van der Waals surface area contributed by atoms with Crippen LogP contribution in [0.3, 0.4) is 0 Å². The third-order valence-electron chi connectivity index (χ3n) is 3.78. The van der Waals surface area contributed by atoms with Gasteiger partial charge in [0, 0.05) is 13.1 Å². The molecule has 1 aliphatic heterocycles. The first-order valence-electron chi connectivity index (χ1n) is 6.66. The molecule has 0 amide bonds. The number of hydrogen-bond donors (Lipinski definition) is 1. The minimum Gasteiger partial charge on any atom is -0.385 e. The Morgan fingerprint density at radius 3 is 2.59 bits per heavy atom. The molecular weight excluding hydrogens is 210 g/mol. The van der Waals surface area contributed by atoms with E-state index in [0.717, 1.165) is 38.0 Å². The average Bonchev–Trinajstić information content (AvgIpc) is 2.33. The first-order valence-corrected chi connectivity index (χ1v) is 6.66. The summed E-state index contributed by atoms with van der Waals surface area (Å²) in [5.41, 5.74) is 1.72. The molecule has 1 aliphatic rings. The van der Waals surface area contributed by atoms with Gasteiger partial charge in [0.25, 0.3) is 0 Å². The van der Waals surface area contributed by atoms with E-state index in [9.17, 15) is 5.11 Å². The molecule has 1 aromatic rings. The molecule has 1 fully saturated rings. The standard InChI is InChI=1S/C15H23NO/c1-3-9-16-10-7-15(17,8-11-16)14-6-4-5-13(2)12-14/h4-6,12,17H,3,7-11H2,1-2H3. The maximum atomic E-state index is 10.7. The lowest BCUT2D eigenvalue weighted by Gasteiger charge is -2.38. The van der Waals surface area contributed by atoms with Crippen molar-refractivity contribution in [1.29, 1.82) is 0 Å². The smallest absolute Gasteiger partial charge is 0.0921 e. The molecule has 17 heavy (non-hydrogen) atoms. The molecule has 0 unspecified atom stereocenters. The number of aliphatic hydroxyl groups is 1. The lowest BCUT2D eigenvalue weighted by Crippen LogP contribution is -2.42. The van der Waals surface area contributed by atoms with Gasteiger partial charge in [-0.1, -0.05) is 36.8 Å². The summed E-state index contributed by atoms with van der Waals surface area (Å²) in [5, 5.41) is 10.7. The van der Waals surface area contributed by atoms with Crippen LogP contribution in [0.5, 0.6) is 0 Å². The molecule has 0 aliphatic carbocycles. The maximum absolute atomic E-state index is 10.7. The van der Waals surface area contributed by atoms with Crippen LogP contribution in [0.25, 0.3) is 0 Å². The van der Waals surface area contributed by atoms with Gasteiger partial charge in [-0.05, 0) is 38.3 Å². The van der Waals surface area contributed by atoms with E-state index in [1.807, 2.05) is 6.07 Å². The first-order chi connectivity index (χ1) is 8.14. The van der Waals surface area contributed by atoms with Crippen molar-refractivity contribution < 1.29 is 5.11 Å². The molecule has 2 rings (SSSR count). The monoisotopic (exact) mass is 233 g/mol. The van der Waals surface area contributed by atoms with Gasteiger partial charge < -0.3 is 10.0 Å². The van der Waals surface area contributed by atoms with Crippen LogP contribution < -0.4 is 0 Å². The fraction of sp³-hybridized carbons (Fsp3) is 0.600. The molecule has 1 aromatic carbocycles. The van der Waals surface area contributed by atoms with E-state index in [2.05, 4.69) is 36.9 Å². The minimum atomic E-state index is -0.601. The van der Waals surface area contributed by atoms with Crippen LogP contribution in [-0.4, -0.2) is 29.6 Å². The normalized spacial score (nSPS) is 20.4. The summed E-state index contributed by atoms with van der Waals surface area (Å²) in [4.78, 5) is 2.45. The number of benzene rings is 1. The molecule has 1 N–H and O–H groups in total. The average molecular weight is 233 g/mol. The number of rotatable bonds is 3. The summed E-state index contributed by atoms with van der Waals surface area (Å²) in [6, 6.07) is 8.30. The minimum absolute atomic E-state index is 0.601. The molecular formula is C15H23NO. The summed E-state index contributed by atoms with van der Waals surface area (Å²) in [6.45, 7) is 7.47. The summed E-state index contributed by atoms with van der Waals surface area (Å²) >= 11 is 0. The molecule has 1 heterocycles. The molecule has 0 atom stereocenters. The van der Waals surface area contributed by atoms with Gasteiger partial charge in [-0.25, -0.2) is 0 Å². The molecule has 0 bridgehead atoms. The zero-order valence-electron chi connectivity index (χ0n) is 10.9. The van der Waals surface area contributed by atoms with E-state index in [4.69, 9.17) is 0 Å². The molecule has 0 saturated carbocycles. The number of piperidine rings is 1. The Labute approximate surface area is 104 Å². The van der Waals surface area contributed by atoms with E-state index < -0.39 is 5.60 Å². The molecule has 2 heteroatoms. The Hall–Kier alpha value is -0.860. The molecule has 0 radical (unpaired) electrons. The molecule has 1 saturated heterocycles. The van der Waals surface area contributed by atoms with E-state index in [1.165, 1.54) is 12.0 Å². The van der Waals surface area contributed by atoms with Crippen LogP contribution in [0, 0.1) is 6.92 Å². The summed E-state index contributed by atoms with van der Waals surface area (Å²) in [6.07, 6.45) is 2.91. The van der Waals surface area contributed by atoms with Gasteiger partial charge in [0.15, 0.2) is 0 Å². The van der Waals surface area contributed by atoms with Gasteiger partial charge in [0.1, 0.15) is 0 Å². The number of hydrogen-bond acceptors (Lipinski definition) is 2. The second kappa shape index (κ2) is 5.19. The molecule has 0 aromatic heterocycles. The Morgan fingerprint density at radius 2 is 2.00 bits per heavy atom. The van der Waals surface area contributed by atoms with Crippen LogP contribution >= 0.6 is 0 Å². The highest BCUT2D eigenvalue weighted by Gasteiger charge is 2.33. The first kappa shape index (κ1) is 12.6. The third kappa shape index (κ3) is 2.88. The predicted octanol–water partition coefficient (Wildman–Crippen LogP) is 2.69. The van der Waals surface area contributed by atoms with Crippen LogP contribution in [0.4, 0.5) is 0 Å². The van der Waals surface area contributed by atoms with Crippen molar-refractivity contribution >= 4 is 0 Å². The Bertz CT molecular complexity index is 367. The highest BCUT2D eigenvalue weighted by molar-refractivity contribution is 5.28. The fourth-order valence-electron chi connectivity index (χ4n) is 2.69. The van der Waals surface area contributed by atoms with Gasteiger partial charge in [0.05, 0.1) is 5.60 Å². The van der Waals surface area contributed by atoms with Crippen LogP contribution in [0.2, 0.25) is 0 Å². The second-order valence-corrected chi connectivity index (χ2v) is 5.24. The van der Waals surface area contributed by atoms with Gasteiger partial charge in [-0.15, -0.1) is 0 Å². The lowest BCUT2D eigenvalue weighted by molar-refractivity contribution is -0.0258. The van der Waals surface area contributed by atoms with Gasteiger partial charge in [-0.3, -0.25) is 0 Å². The lowest BCUT2D eigenvalue weighted by atomic mass is 9.84. The zero-order valence-corrected chi connectivity index (χ0v) is 10.9. The third-order valence-corrected chi connectivity index (χ3v) is 3.78. The summed E-state index contributed by atoms with van der Waals surface area (Å²) < 4.78 is 0. The second-order valence-electron chi connectivity index (χ2n) is 5.24. The Balaban J connectivity index is 2.06. The fourth-order valence-corrected chi connectivity index (χ4v) is 2.69. The van der Waals surface area contributed by atoms with Gasteiger partial charge in [-0.2, -0.15) is 0 Å². The molecule has 0 spiro atoms. The van der Waals surface area contributed by atoms with Crippen LogP contribution in [-0.2, 0) is 5.60 Å². The van der Waals surface area contributed by atoms with Crippen molar-refractivity contribution in [2.45, 2.75) is 38.7 Å². The van der Waals surface area contributed by atoms with Crippen molar-refractivity contribution in [2.24, 2.45) is 0 Å². The highest BCUT2D eigenvalue weighted by atomic mass is 16.3. The summed E-state index contributed by atoms with van der Waals surface area (Å²) in [7, 11) is 0. The van der Waals surface area contributed by atoms with E-state index in [-0.39, 0.29) is 0 Å². The Morgan fingerprint density at radius 1 is 1.29 bits per heavy atom. The van der Waals surface area contributed by atoms with Crippen molar-refractivity contribution in [1.82, 2.24) is 4.90 Å². The van der Waals surface area contributed by atoms with Crippen molar-refractivity contribution in [3.8, 4) is 0 Å². The van der Waals surface area contributed by atoms with E-state index >= 15 is 0 Å². The quantitative estimate of drug-likeness (QED) is 0.867. The zero-order chi connectivity index (χ0) is 12.3. The Kier molecular flexibility index (Phi) is 3.85. The maximum Gasteiger partial charge on any atom is 0.0921 e. The van der Waals surface area contributed by atoms with Crippen LogP contribution in [0.15, 0.2) is 24.3 Å². The number of nitrogens with zero attached hydrogens (tertiary/aromatic N) is 1. The van der Waals surface area contributed by atoms with E-state index in [1.54, 1.807) is 0 Å². The molecule has 94 valence electrons. The van der Waals surface area contributed by atoms with Crippen molar-refractivity contribution in [3.05, 3.63) is 35.4 Å². The van der Waals surface area contributed by atoms with Crippen molar-refractivity contribution in [3.63, 3.8) is 0 Å². The van der Waals surface area contributed by atoms with E-state index in [0.29, 0.717) is 0 Å². The predicted molar refractivity (Wildman–Crippen MR) is 71.0 cm³/mol. The van der Waals surface area contributed by atoms with Gasteiger partial charge in [0.2, 0.25) is 0 Å². The number of likely N-dealkylation sites (tertiary alicyclic amines) is 1. The summed E-state index contributed by atoms with van der Waals surface area (Å²) in [5.74, 6) is 0. The molecule has 2 nitrogen and oxygen atoms in total. The largest absolute Gasteiger partial charge is 0.385 e. The van der Waals surface area contributed by atoms with Gasteiger partial charge >= 0.3 is 0 Å². The number of aryl methyl sites for hydroxylation is 1. The van der Waals surface area contributed by atoms with Crippen LogP contribution in [0.1, 0.15) is 37.3 Å². The highest BCUT2D eigenvalue weighted by Crippen LogP contribution is 2.33. The SMILES string of the molecule is CCCN1CCC(O)(c2cccc(C)c2)CC1.